The third-order valence-electron chi connectivity index (χ3n) is 12.1. The number of hydrogen-bond donors (Lipinski definition) is 1. The van der Waals surface area contributed by atoms with Gasteiger partial charge in [0.15, 0.2) is 8.32 Å². The van der Waals surface area contributed by atoms with Crippen LogP contribution in [0.2, 0.25) is 18.1 Å². The molecule has 3 aromatic rings. The number of amides is 3. The summed E-state index contributed by atoms with van der Waals surface area (Å²) in [5, 5.41) is 1.25. The number of likely N-dealkylation sites (tertiary alicyclic amines) is 1. The lowest BCUT2D eigenvalue weighted by atomic mass is 9.87. The normalized spacial score (nSPS) is 24.2. The summed E-state index contributed by atoms with van der Waals surface area (Å²) in [5.41, 5.74) is 6.78. The van der Waals surface area contributed by atoms with Crippen LogP contribution in [-0.2, 0) is 26.9 Å². The molecule has 1 saturated carbocycles. The Bertz CT molecular complexity index is 1790. The zero-order valence-corrected chi connectivity index (χ0v) is 33.1. The molecule has 7 rings (SSSR count). The average molecular weight is 716 g/mol. The molecule has 11 heteroatoms. The topological polar surface area (TPSA) is 100 Å². The molecule has 1 aliphatic carbocycles. The van der Waals surface area contributed by atoms with Gasteiger partial charge in [-0.05, 0) is 105 Å². The van der Waals surface area contributed by atoms with Crippen LogP contribution in [0, 0.1) is 18.8 Å². The van der Waals surface area contributed by atoms with Crippen molar-refractivity contribution in [2.45, 2.75) is 110 Å². The number of rotatable bonds is 4. The molecule has 10 nitrogen and oxygen atoms in total. The number of pyridine rings is 1. The zero-order chi connectivity index (χ0) is 36.5. The maximum Gasteiger partial charge on any atom is 0.410 e. The van der Waals surface area contributed by atoms with E-state index in [2.05, 4.69) is 68.9 Å². The molecule has 276 valence electrons. The molecule has 3 amide bonds. The van der Waals surface area contributed by atoms with E-state index in [0.717, 1.165) is 71.2 Å². The van der Waals surface area contributed by atoms with Crippen LogP contribution >= 0.6 is 0 Å². The maximum absolute atomic E-state index is 14.4. The van der Waals surface area contributed by atoms with Crippen LogP contribution in [0.4, 0.5) is 9.59 Å². The van der Waals surface area contributed by atoms with Crippen molar-refractivity contribution >= 4 is 31.5 Å². The lowest BCUT2D eigenvalue weighted by Crippen LogP contribution is -2.56. The highest BCUT2D eigenvalue weighted by molar-refractivity contribution is 6.74. The Hall–Kier alpha value is -3.41. The van der Waals surface area contributed by atoms with Gasteiger partial charge in [-0.1, -0.05) is 26.8 Å². The molecular formula is C40H57N5O5Si. The minimum absolute atomic E-state index is 0.111. The molecule has 3 atom stereocenters. The number of hydrogen-bond acceptors (Lipinski definition) is 6. The third-order valence-corrected chi connectivity index (χ3v) is 16.6. The van der Waals surface area contributed by atoms with Gasteiger partial charge in [0.25, 0.3) is 0 Å². The molecule has 3 aliphatic heterocycles. The van der Waals surface area contributed by atoms with Gasteiger partial charge in [-0.3, -0.25) is 4.90 Å². The van der Waals surface area contributed by atoms with Crippen LogP contribution in [0.3, 0.4) is 0 Å². The number of piperidine rings is 1. The molecule has 0 radical (unpaired) electrons. The fourth-order valence-corrected chi connectivity index (χ4v) is 9.68. The number of nitrogens with one attached hydrogen (secondary N) is 1. The number of nitrogens with zero attached hydrogens (tertiary/aromatic N) is 4. The quantitative estimate of drug-likeness (QED) is 0.275. The Morgan fingerprint density at radius 1 is 0.980 bits per heavy atom. The van der Waals surface area contributed by atoms with E-state index in [1.54, 1.807) is 0 Å². The molecule has 3 fully saturated rings. The molecule has 0 spiro atoms. The van der Waals surface area contributed by atoms with E-state index >= 15 is 0 Å². The lowest BCUT2D eigenvalue weighted by molar-refractivity contribution is -0.0334. The summed E-state index contributed by atoms with van der Waals surface area (Å²) in [7, 11) is -1.92. The first-order chi connectivity index (χ1) is 24.0. The second-order valence-corrected chi connectivity index (χ2v) is 22.6. The van der Waals surface area contributed by atoms with Gasteiger partial charge in [-0.15, -0.1) is 0 Å². The van der Waals surface area contributed by atoms with Gasteiger partial charge in [-0.2, -0.15) is 0 Å². The van der Waals surface area contributed by atoms with Crippen LogP contribution in [0.25, 0.3) is 22.2 Å². The first-order valence-electron chi connectivity index (χ1n) is 18.9. The molecule has 51 heavy (non-hydrogen) atoms. The fraction of sp³-hybridized carbons (Fsp3) is 0.625. The first-order valence-corrected chi connectivity index (χ1v) is 21.8. The van der Waals surface area contributed by atoms with E-state index in [4.69, 9.17) is 18.9 Å². The number of benzene rings is 1. The van der Waals surface area contributed by atoms with Gasteiger partial charge in [0, 0.05) is 67.9 Å². The number of fused-ring (bicyclic) bond motifs is 4. The second-order valence-electron chi connectivity index (χ2n) is 17.9. The van der Waals surface area contributed by atoms with Crippen LogP contribution < -0.4 is 0 Å². The molecule has 2 saturated heterocycles. The molecular weight excluding hydrogens is 659 g/mol. The standard InChI is InChI=1S/C40H57N5O5Si/c1-25-19-41-36-31(25)18-30(20-42-36)29-16-26-12-13-43(23-33(26)32(17-29)34-24-48-15-14-45(34)38(47)49-39(2,3)4)37(46)44-21-27-10-11-28(22-44)35(27)50-51(8,9)40(5,6)7/h16-20,27-28,34-35H,10-15,21-24H2,1-9H3,(H,41,42)/t27?,28?,34-,35?/m0/s1. The van der Waals surface area contributed by atoms with Gasteiger partial charge < -0.3 is 28.7 Å². The van der Waals surface area contributed by atoms with Crippen LogP contribution in [0.1, 0.15) is 82.7 Å². The van der Waals surface area contributed by atoms with Gasteiger partial charge in [0.2, 0.25) is 0 Å². The first kappa shape index (κ1) is 36.0. The summed E-state index contributed by atoms with van der Waals surface area (Å²) in [6.45, 7) is 23.3. The fourth-order valence-electron chi connectivity index (χ4n) is 8.26. The SMILES string of the molecule is Cc1c[nH]c2ncc(-c3cc4c(c([C@@H]5COCCN5C(=O)OC(C)(C)C)c3)CN(C(=O)N3CC5CCC(C3)C5O[Si](C)(C)C(C)(C)C)CC4)cc12. The summed E-state index contributed by atoms with van der Waals surface area (Å²) >= 11 is 0. The van der Waals surface area contributed by atoms with Crippen molar-refractivity contribution in [3.05, 3.63) is 52.8 Å². The van der Waals surface area contributed by atoms with Crippen molar-refractivity contribution in [3.8, 4) is 11.1 Å². The molecule has 1 N–H and O–H groups in total. The Balaban J connectivity index is 1.19. The molecule has 2 unspecified atom stereocenters. The molecule has 1 aromatic carbocycles. The highest BCUT2D eigenvalue weighted by Crippen LogP contribution is 2.45. The Morgan fingerprint density at radius 2 is 1.71 bits per heavy atom. The van der Waals surface area contributed by atoms with Crippen molar-refractivity contribution in [2.24, 2.45) is 11.8 Å². The smallest absolute Gasteiger partial charge is 0.410 e. The molecule has 2 aromatic heterocycles. The van der Waals surface area contributed by atoms with E-state index in [1.165, 1.54) is 5.56 Å². The van der Waals surface area contributed by atoms with Crippen molar-refractivity contribution in [3.63, 3.8) is 0 Å². The lowest BCUT2D eigenvalue weighted by Gasteiger charge is -2.46. The van der Waals surface area contributed by atoms with Crippen LogP contribution in [0.15, 0.2) is 30.6 Å². The van der Waals surface area contributed by atoms with Gasteiger partial charge in [-0.25, -0.2) is 14.6 Å². The molecule has 5 heterocycles. The largest absolute Gasteiger partial charge is 0.444 e. The number of H-pyrrole nitrogens is 1. The zero-order valence-electron chi connectivity index (χ0n) is 32.1. The maximum atomic E-state index is 14.4. The predicted molar refractivity (Wildman–Crippen MR) is 202 cm³/mol. The summed E-state index contributed by atoms with van der Waals surface area (Å²) < 4.78 is 18.9. The summed E-state index contributed by atoms with van der Waals surface area (Å²) in [6, 6.07) is 6.41. The van der Waals surface area contributed by atoms with E-state index in [-0.39, 0.29) is 29.3 Å². The number of ether oxygens (including phenoxy) is 2. The van der Waals surface area contributed by atoms with Crippen molar-refractivity contribution in [1.82, 2.24) is 24.7 Å². The van der Waals surface area contributed by atoms with Crippen molar-refractivity contribution < 1.29 is 23.5 Å². The highest BCUT2D eigenvalue weighted by atomic mass is 28.4. The molecule has 4 aliphatic rings. The monoisotopic (exact) mass is 715 g/mol. The Labute approximate surface area is 304 Å². The van der Waals surface area contributed by atoms with Gasteiger partial charge in [0.1, 0.15) is 11.2 Å². The van der Waals surface area contributed by atoms with E-state index in [0.29, 0.717) is 44.7 Å². The number of urea groups is 1. The van der Waals surface area contributed by atoms with Crippen molar-refractivity contribution in [1.29, 1.82) is 0 Å². The number of aryl methyl sites for hydroxylation is 1. The average Bonchev–Trinajstić information content (AvgIpc) is 3.54. The minimum atomic E-state index is -1.92. The minimum Gasteiger partial charge on any atom is -0.444 e. The predicted octanol–water partition coefficient (Wildman–Crippen LogP) is 8.06. The van der Waals surface area contributed by atoms with E-state index in [9.17, 15) is 9.59 Å². The number of carbonyl (C=O) groups excluding carboxylic acids is 2. The highest BCUT2D eigenvalue weighted by Gasteiger charge is 2.49. The Morgan fingerprint density at radius 3 is 2.39 bits per heavy atom. The molecule has 2 bridgehead atoms. The summed E-state index contributed by atoms with van der Waals surface area (Å²) in [6.07, 6.45) is 6.78. The van der Waals surface area contributed by atoms with E-state index in [1.807, 2.05) is 43.0 Å². The number of morpholine rings is 1. The van der Waals surface area contributed by atoms with Gasteiger partial charge in [0.05, 0.1) is 25.4 Å². The van der Waals surface area contributed by atoms with Gasteiger partial charge >= 0.3 is 12.1 Å². The number of aromatic amines is 1. The summed E-state index contributed by atoms with van der Waals surface area (Å²) in [5.74, 6) is 0.766. The number of aromatic nitrogens is 2. The van der Waals surface area contributed by atoms with Crippen LogP contribution in [-0.4, -0.2) is 96.2 Å². The third kappa shape index (κ3) is 7.05. The summed E-state index contributed by atoms with van der Waals surface area (Å²) in [4.78, 5) is 41.9. The Kier molecular flexibility index (Phi) is 9.32. The second kappa shape index (κ2) is 13.2. The van der Waals surface area contributed by atoms with E-state index < -0.39 is 13.9 Å². The van der Waals surface area contributed by atoms with Crippen LogP contribution in [0.5, 0.6) is 0 Å². The number of carbonyl (C=O) groups is 2. The van der Waals surface area contributed by atoms with Crippen molar-refractivity contribution in [2.75, 3.05) is 39.4 Å².